The molecule has 9 heteroatoms. The van der Waals surface area contributed by atoms with E-state index < -0.39 is 11.9 Å². The zero-order valence-electron chi connectivity index (χ0n) is 20.1. The summed E-state index contributed by atoms with van der Waals surface area (Å²) in [6.45, 7) is 1.68. The van der Waals surface area contributed by atoms with E-state index in [0.717, 1.165) is 29.7 Å². The van der Waals surface area contributed by atoms with Gasteiger partial charge in [0.2, 0.25) is 0 Å². The fourth-order valence-corrected chi connectivity index (χ4v) is 4.92. The van der Waals surface area contributed by atoms with Crippen molar-refractivity contribution >= 4 is 35.1 Å². The Morgan fingerprint density at radius 3 is 2.67 bits per heavy atom. The summed E-state index contributed by atoms with van der Waals surface area (Å²) in [6, 6.07) is 15.0. The number of aliphatic carboxylic acids is 1. The maximum atomic E-state index is 13.4. The molecule has 4 rings (SSSR count). The lowest BCUT2D eigenvalue weighted by Gasteiger charge is -2.15. The Hall–Kier alpha value is -2.87. The van der Waals surface area contributed by atoms with E-state index in [1.165, 1.54) is 0 Å². The number of amides is 1. The molecule has 3 aromatic rings. The second-order valence-corrected chi connectivity index (χ2v) is 9.83. The van der Waals surface area contributed by atoms with E-state index in [4.69, 9.17) is 32.9 Å². The number of imidazole rings is 1. The van der Waals surface area contributed by atoms with Gasteiger partial charge in [0.05, 0.1) is 23.2 Å². The molecule has 1 aromatic heterocycles. The molecular weight excluding hydrogens is 501 g/mol. The molecule has 0 spiro atoms. The topological polar surface area (TPSA) is 84.7 Å². The summed E-state index contributed by atoms with van der Waals surface area (Å²) in [7, 11) is 1.89. The molecule has 0 radical (unpaired) electrons. The van der Waals surface area contributed by atoms with Gasteiger partial charge in [-0.2, -0.15) is 0 Å². The Balaban J connectivity index is 1.46. The average molecular weight is 530 g/mol. The number of carbonyl (C=O) groups is 2. The van der Waals surface area contributed by atoms with Crippen molar-refractivity contribution < 1.29 is 19.4 Å². The molecule has 1 amide bonds. The number of hydrogen-bond acceptors (Lipinski definition) is 4. The number of halogens is 2. The highest BCUT2D eigenvalue weighted by Gasteiger charge is 2.34. The van der Waals surface area contributed by atoms with Crippen LogP contribution in [0.5, 0.6) is 0 Å². The van der Waals surface area contributed by atoms with Crippen molar-refractivity contribution in [1.82, 2.24) is 14.5 Å². The number of aromatic nitrogens is 2. The van der Waals surface area contributed by atoms with Crippen LogP contribution in [0, 0.1) is 5.92 Å². The molecule has 1 saturated heterocycles. The van der Waals surface area contributed by atoms with Crippen LogP contribution in [0.25, 0.3) is 11.4 Å². The van der Waals surface area contributed by atoms with Gasteiger partial charge < -0.3 is 19.3 Å². The van der Waals surface area contributed by atoms with Gasteiger partial charge in [-0.15, -0.1) is 0 Å². The molecule has 36 heavy (non-hydrogen) atoms. The average Bonchev–Trinajstić information content (AvgIpc) is 3.47. The molecular formula is C27H29Cl2N3O4. The van der Waals surface area contributed by atoms with E-state index in [0.29, 0.717) is 54.2 Å². The lowest BCUT2D eigenvalue weighted by Crippen LogP contribution is -2.31. The molecule has 190 valence electrons. The fraction of sp³-hybridized carbons (Fsp3) is 0.370. The predicted octanol–water partition coefficient (Wildman–Crippen LogP) is 5.48. The number of carboxylic acids is 1. The van der Waals surface area contributed by atoms with E-state index in [2.05, 4.69) is 0 Å². The van der Waals surface area contributed by atoms with E-state index in [-0.39, 0.29) is 12.5 Å². The number of unbranched alkanes of at least 4 members (excludes halogenated alkanes) is 1. The molecule has 1 N–H and O–H groups in total. The fourth-order valence-electron chi connectivity index (χ4n) is 4.48. The SMILES string of the molecule is Cn1c(-c2ccccc2Cl)nc(C(=O)N2CC[C@H](C(=O)O)C2)c1CCCCOCc1cccc(Cl)c1. The second-order valence-electron chi connectivity index (χ2n) is 8.98. The minimum atomic E-state index is -0.874. The summed E-state index contributed by atoms with van der Waals surface area (Å²) in [5.41, 5.74) is 2.94. The van der Waals surface area contributed by atoms with Crippen LogP contribution in [0.2, 0.25) is 10.0 Å². The zero-order valence-corrected chi connectivity index (χ0v) is 21.6. The van der Waals surface area contributed by atoms with Crippen LogP contribution < -0.4 is 0 Å². The molecule has 0 unspecified atom stereocenters. The van der Waals surface area contributed by atoms with E-state index >= 15 is 0 Å². The lowest BCUT2D eigenvalue weighted by molar-refractivity contribution is -0.141. The number of likely N-dealkylation sites (tertiary alicyclic amines) is 1. The summed E-state index contributed by atoms with van der Waals surface area (Å²) in [4.78, 5) is 31.1. The third kappa shape index (κ3) is 6.09. The number of benzene rings is 2. The first-order chi connectivity index (χ1) is 17.3. The maximum absolute atomic E-state index is 13.4. The van der Waals surface area contributed by atoms with Gasteiger partial charge in [-0.1, -0.05) is 47.5 Å². The van der Waals surface area contributed by atoms with Gasteiger partial charge >= 0.3 is 5.97 Å². The highest BCUT2D eigenvalue weighted by molar-refractivity contribution is 6.33. The highest BCUT2D eigenvalue weighted by Crippen LogP contribution is 2.30. The normalized spacial score (nSPS) is 15.4. The maximum Gasteiger partial charge on any atom is 0.308 e. The summed E-state index contributed by atoms with van der Waals surface area (Å²) in [6.07, 6.45) is 2.69. The van der Waals surface area contributed by atoms with Crippen molar-refractivity contribution in [2.24, 2.45) is 13.0 Å². The number of ether oxygens (including phenoxy) is 1. The van der Waals surface area contributed by atoms with E-state index in [1.807, 2.05) is 54.1 Å². The lowest BCUT2D eigenvalue weighted by atomic mass is 10.1. The Kier molecular flexibility index (Phi) is 8.67. The van der Waals surface area contributed by atoms with Crippen LogP contribution in [-0.4, -0.2) is 51.1 Å². The smallest absolute Gasteiger partial charge is 0.308 e. The van der Waals surface area contributed by atoms with E-state index in [1.54, 1.807) is 11.0 Å². The van der Waals surface area contributed by atoms with Crippen molar-refractivity contribution in [2.45, 2.75) is 32.3 Å². The number of carboxylic acid groups (broad SMARTS) is 1. The standard InChI is InChI=1S/C27H29Cl2N3O4/c1-31-23(11-4-5-14-36-17-18-7-6-8-20(28)15-18)24(26(33)32-13-12-19(16-32)27(34)35)30-25(31)21-9-2-3-10-22(21)29/h2-3,6-10,15,19H,4-5,11-14,16-17H2,1H3,(H,34,35)/t19-/m0/s1. The van der Waals surface area contributed by atoms with Gasteiger partial charge in [0.1, 0.15) is 11.5 Å². The Morgan fingerprint density at radius 1 is 1.14 bits per heavy atom. The first-order valence-corrected chi connectivity index (χ1v) is 12.8. The molecule has 0 bridgehead atoms. The van der Waals surface area contributed by atoms with Crippen molar-refractivity contribution in [3.05, 3.63) is 75.5 Å². The molecule has 2 aromatic carbocycles. The third-order valence-electron chi connectivity index (χ3n) is 6.47. The van der Waals surface area contributed by atoms with Crippen molar-refractivity contribution in [1.29, 1.82) is 0 Å². The van der Waals surface area contributed by atoms with Crippen LogP contribution in [0.1, 0.15) is 41.0 Å². The van der Waals surface area contributed by atoms with Crippen LogP contribution in [-0.2, 0) is 29.6 Å². The second kappa shape index (κ2) is 11.9. The Labute approximate surface area is 220 Å². The zero-order chi connectivity index (χ0) is 25.7. The summed E-state index contributed by atoms with van der Waals surface area (Å²) in [5, 5.41) is 10.6. The number of rotatable bonds is 10. The molecule has 1 fully saturated rings. The molecule has 1 aliphatic rings. The Morgan fingerprint density at radius 2 is 1.94 bits per heavy atom. The minimum absolute atomic E-state index is 0.197. The molecule has 0 aliphatic carbocycles. The van der Waals surface area contributed by atoms with Gasteiger partial charge in [-0.25, -0.2) is 4.98 Å². The molecule has 2 heterocycles. The Bertz CT molecular complexity index is 1240. The third-order valence-corrected chi connectivity index (χ3v) is 7.03. The van der Waals surface area contributed by atoms with Crippen molar-refractivity contribution in [3.8, 4) is 11.4 Å². The number of nitrogens with zero attached hydrogens (tertiary/aromatic N) is 3. The quantitative estimate of drug-likeness (QED) is 0.351. The van der Waals surface area contributed by atoms with Crippen LogP contribution in [0.3, 0.4) is 0 Å². The largest absolute Gasteiger partial charge is 0.481 e. The van der Waals surface area contributed by atoms with Crippen molar-refractivity contribution in [3.63, 3.8) is 0 Å². The van der Waals surface area contributed by atoms with Crippen LogP contribution in [0.4, 0.5) is 0 Å². The molecule has 7 nitrogen and oxygen atoms in total. The minimum Gasteiger partial charge on any atom is -0.481 e. The molecule has 1 atom stereocenters. The summed E-state index contributed by atoms with van der Waals surface area (Å²) >= 11 is 12.5. The van der Waals surface area contributed by atoms with E-state index in [9.17, 15) is 14.7 Å². The van der Waals surface area contributed by atoms with Gasteiger partial charge in [-0.05, 0) is 55.5 Å². The summed E-state index contributed by atoms with van der Waals surface area (Å²) < 4.78 is 7.72. The van der Waals surface area contributed by atoms with Crippen LogP contribution in [0.15, 0.2) is 48.5 Å². The number of hydrogen-bond donors (Lipinski definition) is 1. The monoisotopic (exact) mass is 529 g/mol. The molecule has 1 aliphatic heterocycles. The predicted molar refractivity (Wildman–Crippen MR) is 139 cm³/mol. The number of carbonyl (C=O) groups excluding carboxylic acids is 1. The molecule has 0 saturated carbocycles. The van der Waals surface area contributed by atoms with Gasteiger partial charge in [0, 0.05) is 37.3 Å². The first-order valence-electron chi connectivity index (χ1n) is 12.0. The van der Waals surface area contributed by atoms with Crippen molar-refractivity contribution in [2.75, 3.05) is 19.7 Å². The summed E-state index contributed by atoms with van der Waals surface area (Å²) in [5.74, 6) is -1.04. The van der Waals surface area contributed by atoms with Gasteiger partial charge in [0.25, 0.3) is 5.91 Å². The highest BCUT2D eigenvalue weighted by atomic mass is 35.5. The van der Waals surface area contributed by atoms with Gasteiger partial charge in [-0.3, -0.25) is 9.59 Å². The van der Waals surface area contributed by atoms with Crippen LogP contribution >= 0.6 is 23.2 Å². The van der Waals surface area contributed by atoms with Gasteiger partial charge in [0.15, 0.2) is 0 Å². The first kappa shape index (κ1) is 26.2.